The van der Waals surface area contributed by atoms with Crippen LogP contribution in [0.4, 0.5) is 0 Å². The summed E-state index contributed by atoms with van der Waals surface area (Å²) >= 11 is 0. The predicted molar refractivity (Wildman–Crippen MR) is 80.2 cm³/mol. The molecular formula is C15H19NO5S. The number of hydrogen-bond acceptors (Lipinski definition) is 4. The van der Waals surface area contributed by atoms with Crippen molar-refractivity contribution in [2.24, 2.45) is 5.92 Å². The Morgan fingerprint density at radius 3 is 2.50 bits per heavy atom. The Bertz CT molecular complexity index is 666. The van der Waals surface area contributed by atoms with E-state index < -0.39 is 33.4 Å². The van der Waals surface area contributed by atoms with Crippen LogP contribution in [0, 0.1) is 12.8 Å². The molecule has 120 valence electrons. The summed E-state index contributed by atoms with van der Waals surface area (Å²) in [5, 5.41) is 9.02. The van der Waals surface area contributed by atoms with E-state index in [0.29, 0.717) is 19.4 Å². The average Bonchev–Trinajstić information content (AvgIpc) is 2.47. The smallest absolute Gasteiger partial charge is 0.308 e. The highest BCUT2D eigenvalue weighted by atomic mass is 32.2. The number of carboxylic acids is 1. The fourth-order valence-electron chi connectivity index (χ4n) is 2.49. The van der Waals surface area contributed by atoms with Crippen LogP contribution >= 0.6 is 0 Å². The number of nitrogens with zero attached hydrogens (tertiary/aromatic N) is 1. The van der Waals surface area contributed by atoms with E-state index in [2.05, 4.69) is 0 Å². The number of carbonyl (C=O) groups excluding carboxylic acids is 1. The zero-order valence-corrected chi connectivity index (χ0v) is 13.2. The summed E-state index contributed by atoms with van der Waals surface area (Å²) in [6, 6.07) is 6.32. The normalized spacial score (nSPS) is 19.0. The van der Waals surface area contributed by atoms with Crippen LogP contribution in [0.15, 0.2) is 29.2 Å². The number of amides is 1. The molecule has 0 saturated carbocycles. The fraction of sp³-hybridized carbons (Fsp3) is 0.467. The van der Waals surface area contributed by atoms with Crippen molar-refractivity contribution < 1.29 is 23.1 Å². The Kier molecular flexibility index (Phi) is 4.85. The second-order valence-electron chi connectivity index (χ2n) is 5.59. The molecule has 7 heteroatoms. The van der Waals surface area contributed by atoms with Gasteiger partial charge in [0.15, 0.2) is 9.84 Å². The number of aryl methyl sites for hydroxylation is 1. The molecule has 1 aromatic rings. The molecule has 2 rings (SSSR count). The second-order valence-corrected chi connectivity index (χ2v) is 7.58. The lowest BCUT2D eigenvalue weighted by Gasteiger charge is -2.30. The van der Waals surface area contributed by atoms with Gasteiger partial charge in [0.25, 0.3) is 0 Å². The molecule has 0 radical (unpaired) electrons. The lowest BCUT2D eigenvalue weighted by Crippen LogP contribution is -2.44. The van der Waals surface area contributed by atoms with Crippen molar-refractivity contribution in [1.29, 1.82) is 0 Å². The quantitative estimate of drug-likeness (QED) is 0.895. The Balaban J connectivity index is 2.07. The van der Waals surface area contributed by atoms with Gasteiger partial charge in [-0.1, -0.05) is 17.7 Å². The van der Waals surface area contributed by atoms with Crippen molar-refractivity contribution in [3.05, 3.63) is 29.8 Å². The molecular weight excluding hydrogens is 306 g/mol. The maximum Gasteiger partial charge on any atom is 0.308 e. The molecule has 1 amide bonds. The summed E-state index contributed by atoms with van der Waals surface area (Å²) < 4.78 is 24.5. The topological polar surface area (TPSA) is 91.8 Å². The molecule has 1 aromatic carbocycles. The van der Waals surface area contributed by atoms with Crippen LogP contribution in [0.5, 0.6) is 0 Å². The zero-order chi connectivity index (χ0) is 16.3. The van der Waals surface area contributed by atoms with Crippen molar-refractivity contribution in [2.75, 3.05) is 18.8 Å². The van der Waals surface area contributed by atoms with Gasteiger partial charge >= 0.3 is 5.97 Å². The number of likely N-dealkylation sites (tertiary alicyclic amines) is 1. The zero-order valence-electron chi connectivity index (χ0n) is 12.4. The van der Waals surface area contributed by atoms with Gasteiger partial charge < -0.3 is 10.0 Å². The van der Waals surface area contributed by atoms with Crippen molar-refractivity contribution in [3.63, 3.8) is 0 Å². The molecule has 1 fully saturated rings. The lowest BCUT2D eigenvalue weighted by molar-refractivity contribution is -0.145. The van der Waals surface area contributed by atoms with E-state index in [1.54, 1.807) is 12.1 Å². The third-order valence-electron chi connectivity index (χ3n) is 3.82. The van der Waals surface area contributed by atoms with Gasteiger partial charge in [-0.05, 0) is 31.9 Å². The molecule has 0 bridgehead atoms. The van der Waals surface area contributed by atoms with Gasteiger partial charge in [-0.3, -0.25) is 9.59 Å². The highest BCUT2D eigenvalue weighted by Crippen LogP contribution is 2.18. The molecule has 1 aliphatic rings. The minimum absolute atomic E-state index is 0.0809. The number of rotatable bonds is 4. The highest BCUT2D eigenvalue weighted by Gasteiger charge is 2.30. The largest absolute Gasteiger partial charge is 0.481 e. The summed E-state index contributed by atoms with van der Waals surface area (Å²) in [5.74, 6) is -2.72. The van der Waals surface area contributed by atoms with Gasteiger partial charge in [0.05, 0.1) is 10.8 Å². The van der Waals surface area contributed by atoms with Gasteiger partial charge in [-0.15, -0.1) is 0 Å². The maximum absolute atomic E-state index is 12.2. The summed E-state index contributed by atoms with van der Waals surface area (Å²) in [6.07, 6.45) is 1.09. The molecule has 0 aromatic heterocycles. The average molecular weight is 325 g/mol. The molecule has 1 atom stereocenters. The summed E-state index contributed by atoms with van der Waals surface area (Å²) in [6.45, 7) is 2.34. The number of carboxylic acid groups (broad SMARTS) is 1. The Labute approximate surface area is 129 Å². The number of piperidine rings is 1. The Morgan fingerprint density at radius 1 is 1.27 bits per heavy atom. The molecule has 1 N–H and O–H groups in total. The molecule has 0 spiro atoms. The highest BCUT2D eigenvalue weighted by molar-refractivity contribution is 7.92. The van der Waals surface area contributed by atoms with Crippen molar-refractivity contribution in [1.82, 2.24) is 4.90 Å². The molecule has 1 heterocycles. The van der Waals surface area contributed by atoms with Crippen molar-refractivity contribution in [2.45, 2.75) is 24.7 Å². The number of benzene rings is 1. The Hall–Kier alpha value is -1.89. The standard InChI is InChI=1S/C15H19NO5S/c1-11-4-6-13(7-5-11)22(20,21)10-14(17)16-8-2-3-12(9-16)15(18)19/h4-7,12H,2-3,8-10H2,1H3,(H,18,19)/t12-/m0/s1. The molecule has 22 heavy (non-hydrogen) atoms. The summed E-state index contributed by atoms with van der Waals surface area (Å²) in [4.78, 5) is 24.6. The summed E-state index contributed by atoms with van der Waals surface area (Å²) in [7, 11) is -3.70. The first kappa shape index (κ1) is 16.5. The predicted octanol–water partition coefficient (Wildman–Crippen LogP) is 1.09. The molecule has 6 nitrogen and oxygen atoms in total. The van der Waals surface area contributed by atoms with Crippen molar-refractivity contribution >= 4 is 21.7 Å². The first-order valence-electron chi connectivity index (χ1n) is 7.09. The van der Waals surface area contributed by atoms with Crippen LogP contribution in [0.3, 0.4) is 0 Å². The minimum Gasteiger partial charge on any atom is -0.481 e. The summed E-state index contributed by atoms with van der Waals surface area (Å²) in [5.41, 5.74) is 0.936. The van der Waals surface area contributed by atoms with Crippen molar-refractivity contribution in [3.8, 4) is 0 Å². The number of aliphatic carboxylic acids is 1. The van der Waals surface area contributed by atoms with E-state index in [-0.39, 0.29) is 11.4 Å². The van der Waals surface area contributed by atoms with Crippen LogP contribution in [-0.2, 0) is 19.4 Å². The van der Waals surface area contributed by atoms with E-state index in [9.17, 15) is 18.0 Å². The van der Waals surface area contributed by atoms with E-state index in [0.717, 1.165) is 5.56 Å². The van der Waals surface area contributed by atoms with E-state index in [1.807, 2.05) is 6.92 Å². The van der Waals surface area contributed by atoms with Gasteiger partial charge in [-0.25, -0.2) is 8.42 Å². The molecule has 0 unspecified atom stereocenters. The fourth-order valence-corrected chi connectivity index (χ4v) is 3.71. The maximum atomic E-state index is 12.2. The molecule has 0 aliphatic carbocycles. The third-order valence-corrected chi connectivity index (χ3v) is 5.43. The monoisotopic (exact) mass is 325 g/mol. The van der Waals surface area contributed by atoms with E-state index in [1.165, 1.54) is 17.0 Å². The van der Waals surface area contributed by atoms with E-state index in [4.69, 9.17) is 5.11 Å². The first-order valence-corrected chi connectivity index (χ1v) is 8.75. The SMILES string of the molecule is Cc1ccc(S(=O)(=O)CC(=O)N2CCC[C@H](C(=O)O)C2)cc1. The lowest BCUT2D eigenvalue weighted by atomic mass is 9.98. The Morgan fingerprint density at radius 2 is 1.91 bits per heavy atom. The molecule has 1 saturated heterocycles. The first-order chi connectivity index (χ1) is 10.3. The third kappa shape index (κ3) is 3.85. The van der Waals surface area contributed by atoms with Crippen LogP contribution in [-0.4, -0.2) is 49.1 Å². The van der Waals surface area contributed by atoms with Gasteiger partial charge in [0, 0.05) is 13.1 Å². The molecule has 1 aliphatic heterocycles. The minimum atomic E-state index is -3.70. The van der Waals surface area contributed by atoms with Crippen LogP contribution in [0.1, 0.15) is 18.4 Å². The van der Waals surface area contributed by atoms with Gasteiger partial charge in [-0.2, -0.15) is 0 Å². The van der Waals surface area contributed by atoms with Crippen LogP contribution in [0.2, 0.25) is 0 Å². The van der Waals surface area contributed by atoms with E-state index >= 15 is 0 Å². The van der Waals surface area contributed by atoms with Crippen LogP contribution < -0.4 is 0 Å². The van der Waals surface area contributed by atoms with Gasteiger partial charge in [0.2, 0.25) is 5.91 Å². The van der Waals surface area contributed by atoms with Crippen LogP contribution in [0.25, 0.3) is 0 Å². The second kappa shape index (κ2) is 6.48. The number of sulfone groups is 1. The number of hydrogen-bond donors (Lipinski definition) is 1. The number of carbonyl (C=O) groups is 2. The van der Waals surface area contributed by atoms with Gasteiger partial charge in [0.1, 0.15) is 5.75 Å².